The highest BCUT2D eigenvalue weighted by atomic mass is 16.5. The van der Waals surface area contributed by atoms with E-state index in [1.165, 1.54) is 25.3 Å². The molecule has 1 amide bonds. The molecule has 2 unspecified atom stereocenters. The molecular formula is C39H35N5O8. The number of aliphatic carboxylic acids is 1. The number of hydrogen-bond donors (Lipinski definition) is 7. The lowest BCUT2D eigenvalue weighted by molar-refractivity contribution is -0.155. The smallest absolute Gasteiger partial charge is 0.345 e. The Balaban J connectivity index is 1.06. The number of rotatable bonds is 13. The van der Waals surface area contributed by atoms with Crippen LogP contribution >= 0.6 is 0 Å². The van der Waals surface area contributed by atoms with Crippen molar-refractivity contribution in [1.29, 1.82) is 0 Å². The standard InChI is InChI=1S/C39H35N5O8/c1-52-34-19-24(10-11-25(34)20-40-22-33(46)29-13-16-32(45)36-30(29)14-17-35(47)42-36)37(48)41-21-28-12-15-31(44-43-28)23-6-5-9-27(18-23)39(51,38(49)50)26-7-3-2-4-8-26/h2-19,33,40,45-46,51H,20-22H2,1H3,(H,41,48)(H,42,47)(H,49,50). The number of carbonyl (C=O) groups excluding carboxylic acids is 1. The molecule has 0 bridgehead atoms. The number of hydrogen-bond acceptors (Lipinski definition) is 10. The van der Waals surface area contributed by atoms with Crippen molar-refractivity contribution in [3.05, 3.63) is 153 Å². The van der Waals surface area contributed by atoms with E-state index in [9.17, 15) is 34.8 Å². The van der Waals surface area contributed by atoms with E-state index >= 15 is 0 Å². The molecule has 2 aromatic heterocycles. The molecule has 6 aromatic rings. The number of H-pyrrole nitrogens is 1. The molecule has 2 atom stereocenters. The van der Waals surface area contributed by atoms with E-state index < -0.39 is 17.7 Å². The van der Waals surface area contributed by atoms with Gasteiger partial charge in [0.1, 0.15) is 11.5 Å². The number of methoxy groups -OCH3 is 1. The van der Waals surface area contributed by atoms with E-state index in [1.54, 1.807) is 91.0 Å². The minimum absolute atomic E-state index is 0.0856. The number of carboxylic acid groups (broad SMARTS) is 1. The fourth-order valence-corrected chi connectivity index (χ4v) is 5.91. The van der Waals surface area contributed by atoms with E-state index in [0.717, 1.165) is 5.56 Å². The molecule has 7 N–H and O–H groups in total. The van der Waals surface area contributed by atoms with Gasteiger partial charge in [-0.1, -0.05) is 60.7 Å². The second-order valence-corrected chi connectivity index (χ2v) is 12.0. The number of carbonyl (C=O) groups is 2. The van der Waals surface area contributed by atoms with Crippen LogP contribution in [0.4, 0.5) is 0 Å². The second kappa shape index (κ2) is 15.2. The number of aromatic amines is 1. The summed E-state index contributed by atoms with van der Waals surface area (Å²) < 4.78 is 5.53. The number of nitrogens with zero attached hydrogens (tertiary/aromatic N) is 2. The van der Waals surface area contributed by atoms with E-state index in [4.69, 9.17) is 4.74 Å². The van der Waals surface area contributed by atoms with Crippen molar-refractivity contribution in [3.63, 3.8) is 0 Å². The number of aliphatic hydroxyl groups excluding tert-OH is 1. The number of aromatic hydroxyl groups is 1. The number of aromatic nitrogens is 3. The lowest BCUT2D eigenvalue weighted by Crippen LogP contribution is -2.36. The zero-order chi connectivity index (χ0) is 36.8. The van der Waals surface area contributed by atoms with Crippen molar-refractivity contribution in [2.24, 2.45) is 0 Å². The topological polar surface area (TPSA) is 207 Å². The molecule has 2 heterocycles. The molecule has 4 aromatic carbocycles. The number of benzene rings is 4. The Morgan fingerprint density at radius 2 is 1.67 bits per heavy atom. The van der Waals surface area contributed by atoms with Crippen LogP contribution in [0.2, 0.25) is 0 Å². The van der Waals surface area contributed by atoms with E-state index in [2.05, 4.69) is 25.8 Å². The SMILES string of the molecule is COc1cc(C(=O)NCc2ccc(-c3cccc(C(O)(C(=O)O)c4ccccc4)c3)nn2)ccc1CNCC(O)c1ccc(O)c2[nH]c(=O)ccc12. The van der Waals surface area contributed by atoms with Crippen LogP contribution in [0.5, 0.6) is 11.5 Å². The van der Waals surface area contributed by atoms with Gasteiger partial charge in [-0.15, -0.1) is 0 Å². The number of ether oxygens (including phenoxy) is 1. The summed E-state index contributed by atoms with van der Waals surface area (Å²) in [5, 5.41) is 57.2. The number of aliphatic hydroxyl groups is 2. The lowest BCUT2D eigenvalue weighted by atomic mass is 9.85. The maximum atomic E-state index is 13.0. The van der Waals surface area contributed by atoms with Crippen LogP contribution in [0.25, 0.3) is 22.2 Å². The van der Waals surface area contributed by atoms with Crippen molar-refractivity contribution in [2.45, 2.75) is 24.8 Å². The summed E-state index contributed by atoms with van der Waals surface area (Å²) in [5.41, 5.74) is 1.15. The van der Waals surface area contributed by atoms with Crippen LogP contribution in [0, 0.1) is 0 Å². The molecule has 0 saturated heterocycles. The zero-order valence-electron chi connectivity index (χ0n) is 27.9. The molecule has 0 spiro atoms. The maximum Gasteiger partial charge on any atom is 0.345 e. The Bertz CT molecular complexity index is 2300. The summed E-state index contributed by atoms with van der Waals surface area (Å²) in [5.74, 6) is -1.39. The first-order chi connectivity index (χ1) is 25.1. The highest BCUT2D eigenvalue weighted by Gasteiger charge is 2.40. The summed E-state index contributed by atoms with van der Waals surface area (Å²) in [6.07, 6.45) is -0.941. The van der Waals surface area contributed by atoms with Crippen molar-refractivity contribution >= 4 is 22.8 Å². The number of pyridine rings is 1. The van der Waals surface area contributed by atoms with Crippen LogP contribution in [0.15, 0.2) is 114 Å². The molecule has 0 aliphatic heterocycles. The monoisotopic (exact) mass is 701 g/mol. The molecule has 6 rings (SSSR count). The molecule has 0 aliphatic rings. The van der Waals surface area contributed by atoms with Crippen molar-refractivity contribution in [1.82, 2.24) is 25.8 Å². The van der Waals surface area contributed by atoms with Crippen molar-refractivity contribution in [2.75, 3.05) is 13.7 Å². The average molecular weight is 702 g/mol. The van der Waals surface area contributed by atoms with Crippen molar-refractivity contribution < 1.29 is 34.8 Å². The summed E-state index contributed by atoms with van der Waals surface area (Å²) in [6, 6.07) is 28.9. The molecule has 52 heavy (non-hydrogen) atoms. The third kappa shape index (κ3) is 7.37. The zero-order valence-corrected chi connectivity index (χ0v) is 27.9. The Hall–Kier alpha value is -6.41. The number of nitrogens with one attached hydrogen (secondary N) is 3. The quantitative estimate of drug-likeness (QED) is 0.0923. The molecule has 264 valence electrons. The van der Waals surface area contributed by atoms with Gasteiger partial charge in [0.2, 0.25) is 11.2 Å². The largest absolute Gasteiger partial charge is 0.506 e. The third-order valence-electron chi connectivity index (χ3n) is 8.70. The van der Waals surface area contributed by atoms with Gasteiger partial charge in [0, 0.05) is 46.8 Å². The van der Waals surface area contributed by atoms with E-state index in [1.807, 2.05) is 0 Å². The van der Waals surface area contributed by atoms with Gasteiger partial charge in [-0.05, 0) is 53.6 Å². The van der Waals surface area contributed by atoms with Crippen LogP contribution in [0.3, 0.4) is 0 Å². The Morgan fingerprint density at radius 3 is 2.40 bits per heavy atom. The fraction of sp³-hybridized carbons (Fsp3) is 0.154. The van der Waals surface area contributed by atoms with E-state index in [-0.39, 0.29) is 46.9 Å². The van der Waals surface area contributed by atoms with Crippen molar-refractivity contribution in [3.8, 4) is 22.8 Å². The lowest BCUT2D eigenvalue weighted by Gasteiger charge is -2.25. The molecule has 13 nitrogen and oxygen atoms in total. The summed E-state index contributed by atoms with van der Waals surface area (Å²) in [4.78, 5) is 39.5. The van der Waals surface area contributed by atoms with Crippen LogP contribution in [0.1, 0.15) is 44.4 Å². The number of phenols is 1. The number of carboxylic acids is 1. The summed E-state index contributed by atoms with van der Waals surface area (Å²) in [6.45, 7) is 0.567. The first-order valence-electron chi connectivity index (χ1n) is 16.2. The summed E-state index contributed by atoms with van der Waals surface area (Å²) >= 11 is 0. The average Bonchev–Trinajstić information content (AvgIpc) is 3.17. The van der Waals surface area contributed by atoms with Gasteiger partial charge in [-0.2, -0.15) is 10.2 Å². The van der Waals surface area contributed by atoms with E-state index in [0.29, 0.717) is 45.8 Å². The summed E-state index contributed by atoms with van der Waals surface area (Å²) in [7, 11) is 1.50. The third-order valence-corrected chi connectivity index (χ3v) is 8.70. The minimum atomic E-state index is -2.26. The first kappa shape index (κ1) is 35.4. The van der Waals surface area contributed by atoms with Gasteiger partial charge in [-0.25, -0.2) is 4.79 Å². The molecule has 13 heteroatoms. The molecular weight excluding hydrogens is 666 g/mol. The maximum absolute atomic E-state index is 13.0. The van der Waals surface area contributed by atoms with Gasteiger partial charge < -0.3 is 40.8 Å². The van der Waals surface area contributed by atoms with Gasteiger partial charge in [0.25, 0.3) is 5.91 Å². The second-order valence-electron chi connectivity index (χ2n) is 12.0. The Morgan fingerprint density at radius 1 is 0.885 bits per heavy atom. The van der Waals surface area contributed by atoms with Crippen LogP contribution in [-0.4, -0.2) is 61.1 Å². The van der Waals surface area contributed by atoms with Gasteiger partial charge in [-0.3, -0.25) is 9.59 Å². The number of fused-ring (bicyclic) bond motifs is 1. The number of amides is 1. The molecule has 0 saturated carbocycles. The minimum Gasteiger partial charge on any atom is -0.506 e. The first-order valence-corrected chi connectivity index (χ1v) is 16.2. The number of phenolic OH excluding ortho intramolecular Hbond substituents is 1. The van der Waals surface area contributed by atoms with Gasteiger partial charge >= 0.3 is 5.97 Å². The fourth-order valence-electron chi connectivity index (χ4n) is 5.91. The highest BCUT2D eigenvalue weighted by Crippen LogP contribution is 2.33. The Kier molecular flexibility index (Phi) is 10.4. The van der Waals surface area contributed by atoms with Crippen LogP contribution in [-0.2, 0) is 23.5 Å². The van der Waals surface area contributed by atoms with Gasteiger partial charge in [0.15, 0.2) is 0 Å². The highest BCUT2D eigenvalue weighted by molar-refractivity contribution is 5.94. The van der Waals surface area contributed by atoms with Crippen LogP contribution < -0.4 is 20.9 Å². The predicted octanol–water partition coefficient (Wildman–Crippen LogP) is 3.77. The molecule has 0 radical (unpaired) electrons. The Labute approximate surface area is 297 Å². The predicted molar refractivity (Wildman–Crippen MR) is 192 cm³/mol. The molecule has 0 aliphatic carbocycles. The van der Waals surface area contributed by atoms with Gasteiger partial charge in [0.05, 0.1) is 36.7 Å². The molecule has 0 fully saturated rings. The normalized spacial score (nSPS) is 12.9.